The van der Waals surface area contributed by atoms with Crippen molar-refractivity contribution in [3.05, 3.63) is 6.92 Å². The number of rotatable bonds is 6. The Morgan fingerprint density at radius 3 is 1.50 bits per heavy atom. The topological polar surface area (TPSA) is 18.5 Å². The van der Waals surface area contributed by atoms with Crippen molar-refractivity contribution in [2.45, 2.75) is 39.9 Å². The molecule has 2 radical (unpaired) electrons. The SMILES string of the molecule is [CH]C(COC(C)C)COC(C)C. The minimum atomic E-state index is -0.00481. The van der Waals surface area contributed by atoms with Gasteiger partial charge in [0.05, 0.1) is 25.4 Å². The molecule has 0 saturated carbocycles. The van der Waals surface area contributed by atoms with Crippen molar-refractivity contribution in [2.24, 2.45) is 5.92 Å². The monoisotopic (exact) mass is 172 g/mol. The van der Waals surface area contributed by atoms with Crippen molar-refractivity contribution in [1.29, 1.82) is 0 Å². The van der Waals surface area contributed by atoms with Crippen molar-refractivity contribution in [3.8, 4) is 0 Å². The predicted molar refractivity (Wildman–Crippen MR) is 50.0 cm³/mol. The van der Waals surface area contributed by atoms with E-state index in [1.54, 1.807) is 0 Å². The highest BCUT2D eigenvalue weighted by molar-refractivity contribution is 4.59. The lowest BCUT2D eigenvalue weighted by atomic mass is 10.2. The molecule has 0 atom stereocenters. The summed E-state index contributed by atoms with van der Waals surface area (Å²) in [7, 11) is 0. The lowest BCUT2D eigenvalue weighted by molar-refractivity contribution is 0.00960. The molecule has 0 fully saturated rings. The molecular weight excluding hydrogens is 152 g/mol. The largest absolute Gasteiger partial charge is 0.378 e. The number of ether oxygens (including phenoxy) is 2. The van der Waals surface area contributed by atoms with Crippen LogP contribution >= 0.6 is 0 Å². The standard InChI is InChI=1S/C10H20O2/c1-8(2)11-6-10(5)7-12-9(3)4/h5,8-10H,6-7H2,1-4H3. The maximum absolute atomic E-state index is 5.72. The van der Waals surface area contributed by atoms with E-state index in [0.29, 0.717) is 13.2 Å². The molecule has 2 nitrogen and oxygen atoms in total. The lowest BCUT2D eigenvalue weighted by Gasteiger charge is -2.15. The molecular formula is C10H20O2. The first-order valence-electron chi connectivity index (χ1n) is 4.51. The van der Waals surface area contributed by atoms with Gasteiger partial charge in [-0.2, -0.15) is 0 Å². The van der Waals surface area contributed by atoms with E-state index in [1.807, 2.05) is 27.7 Å². The highest BCUT2D eigenvalue weighted by Crippen LogP contribution is 2.01. The molecule has 12 heavy (non-hydrogen) atoms. The Labute approximate surface area is 76.3 Å². The Morgan fingerprint density at radius 1 is 0.917 bits per heavy atom. The first-order valence-corrected chi connectivity index (χ1v) is 4.51. The van der Waals surface area contributed by atoms with Gasteiger partial charge in [0.25, 0.3) is 0 Å². The molecule has 0 aromatic rings. The smallest absolute Gasteiger partial charge is 0.0522 e. The molecule has 0 aromatic carbocycles. The summed E-state index contributed by atoms with van der Waals surface area (Å²) in [6.07, 6.45) is 0.491. The molecule has 72 valence electrons. The number of hydrogen-bond donors (Lipinski definition) is 0. The Balaban J connectivity index is 3.27. The molecule has 0 heterocycles. The minimum absolute atomic E-state index is 0.00481. The van der Waals surface area contributed by atoms with Crippen LogP contribution in [0.15, 0.2) is 0 Å². The minimum Gasteiger partial charge on any atom is -0.378 e. The van der Waals surface area contributed by atoms with Crippen molar-refractivity contribution in [3.63, 3.8) is 0 Å². The summed E-state index contributed by atoms with van der Waals surface area (Å²) < 4.78 is 10.7. The first-order chi connectivity index (χ1) is 5.52. The summed E-state index contributed by atoms with van der Waals surface area (Å²) in [5.41, 5.74) is 0. The fraction of sp³-hybridized carbons (Fsp3) is 0.900. The fourth-order valence-electron chi connectivity index (χ4n) is 0.680. The van der Waals surface area contributed by atoms with Crippen molar-refractivity contribution in [1.82, 2.24) is 0 Å². The van der Waals surface area contributed by atoms with Gasteiger partial charge >= 0.3 is 0 Å². The zero-order valence-electron chi connectivity index (χ0n) is 8.54. The summed E-state index contributed by atoms with van der Waals surface area (Å²) in [4.78, 5) is 0. The van der Waals surface area contributed by atoms with Gasteiger partial charge in [-0.25, -0.2) is 0 Å². The Bertz CT molecular complexity index is 88.0. The van der Waals surface area contributed by atoms with Crippen LogP contribution in [0.4, 0.5) is 0 Å². The maximum atomic E-state index is 5.72. The average Bonchev–Trinajstić information content (AvgIpc) is 1.96. The van der Waals surface area contributed by atoms with Crippen LogP contribution < -0.4 is 0 Å². The van der Waals surface area contributed by atoms with Gasteiger partial charge in [0, 0.05) is 5.92 Å². The van der Waals surface area contributed by atoms with Gasteiger partial charge in [0.15, 0.2) is 0 Å². The summed E-state index contributed by atoms with van der Waals surface area (Å²) in [5.74, 6) is -0.00481. The highest BCUT2D eigenvalue weighted by Gasteiger charge is 2.05. The van der Waals surface area contributed by atoms with E-state index in [0.717, 1.165) is 0 Å². The van der Waals surface area contributed by atoms with Crippen molar-refractivity contribution >= 4 is 0 Å². The second-order valence-electron chi connectivity index (χ2n) is 3.52. The predicted octanol–water partition coefficient (Wildman–Crippen LogP) is 2.16. The summed E-state index contributed by atoms with van der Waals surface area (Å²) in [6, 6.07) is 0. The van der Waals surface area contributed by atoms with E-state index in [9.17, 15) is 0 Å². The van der Waals surface area contributed by atoms with Gasteiger partial charge in [-0.3, -0.25) is 0 Å². The van der Waals surface area contributed by atoms with Crippen molar-refractivity contribution in [2.75, 3.05) is 13.2 Å². The zero-order valence-corrected chi connectivity index (χ0v) is 8.54. The van der Waals surface area contributed by atoms with Gasteiger partial charge in [-0.05, 0) is 34.6 Å². The summed E-state index contributed by atoms with van der Waals surface area (Å²) >= 11 is 0. The van der Waals surface area contributed by atoms with Crippen molar-refractivity contribution < 1.29 is 9.47 Å². The van der Waals surface area contributed by atoms with Crippen LogP contribution in [0.1, 0.15) is 27.7 Å². The first kappa shape index (κ1) is 11.9. The Morgan fingerprint density at radius 2 is 1.25 bits per heavy atom. The third-order valence-electron chi connectivity index (χ3n) is 1.29. The quantitative estimate of drug-likeness (QED) is 0.611. The molecule has 0 bridgehead atoms. The normalized spacial score (nSPS) is 12.0. The van der Waals surface area contributed by atoms with Gasteiger partial charge in [-0.15, -0.1) is 0 Å². The third kappa shape index (κ3) is 8.02. The maximum Gasteiger partial charge on any atom is 0.0522 e. The van der Waals surface area contributed by atoms with Crippen LogP contribution in [-0.4, -0.2) is 25.4 Å². The molecule has 0 unspecified atom stereocenters. The van der Waals surface area contributed by atoms with Gasteiger partial charge < -0.3 is 9.47 Å². The van der Waals surface area contributed by atoms with E-state index in [4.69, 9.17) is 16.4 Å². The Hall–Kier alpha value is -0.0800. The van der Waals surface area contributed by atoms with Crippen LogP contribution in [0.3, 0.4) is 0 Å². The van der Waals surface area contributed by atoms with Crippen LogP contribution in [0.2, 0.25) is 0 Å². The van der Waals surface area contributed by atoms with Gasteiger partial charge in [0.2, 0.25) is 0 Å². The highest BCUT2D eigenvalue weighted by atomic mass is 16.5. The molecule has 0 N–H and O–H groups in total. The molecule has 0 aliphatic heterocycles. The number of hydrogen-bond acceptors (Lipinski definition) is 2. The third-order valence-corrected chi connectivity index (χ3v) is 1.29. The lowest BCUT2D eigenvalue weighted by Crippen LogP contribution is -2.18. The van der Waals surface area contributed by atoms with E-state index < -0.39 is 0 Å². The van der Waals surface area contributed by atoms with Crippen LogP contribution in [0, 0.1) is 12.8 Å². The molecule has 2 heteroatoms. The van der Waals surface area contributed by atoms with E-state index >= 15 is 0 Å². The van der Waals surface area contributed by atoms with Crippen LogP contribution in [0.5, 0.6) is 0 Å². The molecule has 0 amide bonds. The van der Waals surface area contributed by atoms with Crippen LogP contribution in [0.25, 0.3) is 0 Å². The Kier molecular flexibility index (Phi) is 6.39. The molecule has 0 saturated heterocycles. The van der Waals surface area contributed by atoms with Crippen LogP contribution in [-0.2, 0) is 9.47 Å². The van der Waals surface area contributed by atoms with E-state index in [1.165, 1.54) is 0 Å². The second kappa shape index (κ2) is 6.44. The molecule has 0 spiro atoms. The summed E-state index contributed by atoms with van der Waals surface area (Å²) in [6.45, 7) is 14.9. The average molecular weight is 172 g/mol. The summed E-state index contributed by atoms with van der Waals surface area (Å²) in [5, 5.41) is 0. The molecule has 0 aromatic heterocycles. The van der Waals surface area contributed by atoms with Gasteiger partial charge in [0.1, 0.15) is 0 Å². The molecule has 0 aliphatic rings. The zero-order chi connectivity index (χ0) is 9.56. The fourth-order valence-corrected chi connectivity index (χ4v) is 0.680. The molecule has 0 aliphatic carbocycles. The van der Waals surface area contributed by atoms with E-state index in [-0.39, 0.29) is 18.1 Å². The second-order valence-corrected chi connectivity index (χ2v) is 3.52. The molecule has 0 rings (SSSR count). The van der Waals surface area contributed by atoms with Gasteiger partial charge in [-0.1, -0.05) is 0 Å². The van der Waals surface area contributed by atoms with E-state index in [2.05, 4.69) is 0 Å².